The molecule has 1 N–H and O–H groups in total. The second-order valence-corrected chi connectivity index (χ2v) is 9.22. The van der Waals surface area contributed by atoms with Crippen LogP contribution in [0, 0.1) is 6.92 Å². The first-order chi connectivity index (χ1) is 15.9. The minimum absolute atomic E-state index is 0.147. The van der Waals surface area contributed by atoms with Crippen molar-refractivity contribution in [3.63, 3.8) is 0 Å². The summed E-state index contributed by atoms with van der Waals surface area (Å²) in [4.78, 5) is 25.7. The summed E-state index contributed by atoms with van der Waals surface area (Å²) in [6, 6.07) is 14.0. The lowest BCUT2D eigenvalue weighted by Gasteiger charge is -2.09. The molecule has 4 rings (SSSR count). The fraction of sp³-hybridized carbons (Fsp3) is 0.259. The molecule has 0 fully saturated rings. The van der Waals surface area contributed by atoms with Gasteiger partial charge in [0.15, 0.2) is 0 Å². The highest BCUT2D eigenvalue weighted by Gasteiger charge is 2.23. The molecule has 170 valence electrons. The maximum absolute atomic E-state index is 13.0. The van der Waals surface area contributed by atoms with E-state index < -0.39 is 5.97 Å². The average Bonchev–Trinajstić information content (AvgIpc) is 3.38. The summed E-state index contributed by atoms with van der Waals surface area (Å²) >= 11 is 1.32. The third kappa shape index (κ3) is 4.86. The molecule has 4 aromatic rings. The Balaban J connectivity index is 1.61. The van der Waals surface area contributed by atoms with Crippen molar-refractivity contribution in [2.24, 2.45) is 0 Å². The molecule has 0 saturated carbocycles. The van der Waals surface area contributed by atoms with Crippen LogP contribution in [-0.2, 0) is 16.0 Å². The molecular formula is C27H27NO4S. The van der Waals surface area contributed by atoms with Gasteiger partial charge in [0.2, 0.25) is 5.91 Å². The molecule has 2 aromatic carbocycles. The van der Waals surface area contributed by atoms with Crippen LogP contribution in [0.25, 0.3) is 22.1 Å². The Bertz CT molecular complexity index is 1300. The predicted octanol–water partition coefficient (Wildman–Crippen LogP) is 6.95. The van der Waals surface area contributed by atoms with Crippen molar-refractivity contribution >= 4 is 39.2 Å². The van der Waals surface area contributed by atoms with Crippen molar-refractivity contribution in [1.82, 2.24) is 0 Å². The molecule has 0 spiro atoms. The smallest absolute Gasteiger partial charge is 0.341 e. The molecule has 6 heteroatoms. The van der Waals surface area contributed by atoms with E-state index in [0.29, 0.717) is 16.5 Å². The molecule has 0 radical (unpaired) electrons. The standard InChI is InChI=1S/C27H27NO4S/c1-5-31-27(30)25-22(18-8-6-17(4)7-9-18)15-33-26(25)28-24(29)13-20-14-32-23-11-10-19(16(2)3)12-21(20)23/h6-12,14-16H,5,13H2,1-4H3,(H,28,29). The van der Waals surface area contributed by atoms with Crippen LogP contribution in [0.4, 0.5) is 5.00 Å². The highest BCUT2D eigenvalue weighted by molar-refractivity contribution is 7.15. The molecule has 0 aliphatic rings. The lowest BCUT2D eigenvalue weighted by atomic mass is 10.00. The number of fused-ring (bicyclic) bond motifs is 1. The van der Waals surface area contributed by atoms with Gasteiger partial charge in [0.1, 0.15) is 16.1 Å². The topological polar surface area (TPSA) is 68.5 Å². The van der Waals surface area contributed by atoms with Crippen molar-refractivity contribution in [3.05, 3.63) is 76.4 Å². The number of nitrogens with one attached hydrogen (secondary N) is 1. The molecule has 0 bridgehead atoms. The second kappa shape index (κ2) is 9.63. The number of rotatable bonds is 7. The van der Waals surface area contributed by atoms with Gasteiger partial charge in [0.05, 0.1) is 19.3 Å². The van der Waals surface area contributed by atoms with Crippen molar-refractivity contribution < 1.29 is 18.7 Å². The number of thiophene rings is 1. The summed E-state index contributed by atoms with van der Waals surface area (Å²) in [5.74, 6) is -0.278. The average molecular weight is 462 g/mol. The zero-order chi connectivity index (χ0) is 23.5. The number of carbonyl (C=O) groups is 2. The Morgan fingerprint density at radius 2 is 1.88 bits per heavy atom. The van der Waals surface area contributed by atoms with Crippen LogP contribution in [0.3, 0.4) is 0 Å². The normalized spacial score (nSPS) is 11.2. The van der Waals surface area contributed by atoms with Gasteiger partial charge >= 0.3 is 5.97 Å². The lowest BCUT2D eigenvalue weighted by Crippen LogP contribution is -2.16. The van der Waals surface area contributed by atoms with Gasteiger partial charge in [-0.25, -0.2) is 4.79 Å². The number of benzene rings is 2. The van der Waals surface area contributed by atoms with Crippen LogP contribution in [0.15, 0.2) is 58.5 Å². The SMILES string of the molecule is CCOC(=O)c1c(-c2ccc(C)cc2)csc1NC(=O)Cc1coc2ccc(C(C)C)cc12. The van der Waals surface area contributed by atoms with Gasteiger partial charge < -0.3 is 14.5 Å². The summed E-state index contributed by atoms with van der Waals surface area (Å²) < 4.78 is 10.9. The number of ether oxygens (including phenoxy) is 1. The molecule has 5 nitrogen and oxygen atoms in total. The van der Waals surface area contributed by atoms with Crippen LogP contribution in [0.1, 0.15) is 53.7 Å². The van der Waals surface area contributed by atoms with Crippen LogP contribution in [-0.4, -0.2) is 18.5 Å². The number of furan rings is 1. The first-order valence-corrected chi connectivity index (χ1v) is 11.9. The van der Waals surface area contributed by atoms with Crippen molar-refractivity contribution in [2.45, 2.75) is 40.0 Å². The van der Waals surface area contributed by atoms with Gasteiger partial charge in [-0.15, -0.1) is 11.3 Å². The van der Waals surface area contributed by atoms with Gasteiger partial charge in [0.25, 0.3) is 0 Å². The van der Waals surface area contributed by atoms with Gasteiger partial charge in [-0.05, 0) is 43.0 Å². The first kappa shape index (κ1) is 22.8. The van der Waals surface area contributed by atoms with E-state index in [1.807, 2.05) is 48.7 Å². The van der Waals surface area contributed by atoms with E-state index in [1.165, 1.54) is 16.9 Å². The highest BCUT2D eigenvalue weighted by atomic mass is 32.1. The Kier molecular flexibility index (Phi) is 6.65. The number of carbonyl (C=O) groups excluding carboxylic acids is 2. The molecule has 0 saturated heterocycles. The molecular weight excluding hydrogens is 434 g/mol. The van der Waals surface area contributed by atoms with E-state index in [4.69, 9.17) is 9.15 Å². The van der Waals surface area contributed by atoms with E-state index in [9.17, 15) is 9.59 Å². The zero-order valence-electron chi connectivity index (χ0n) is 19.2. The summed E-state index contributed by atoms with van der Waals surface area (Å²) in [6.45, 7) is 8.30. The number of anilines is 1. The summed E-state index contributed by atoms with van der Waals surface area (Å²) in [7, 11) is 0. The molecule has 33 heavy (non-hydrogen) atoms. The maximum Gasteiger partial charge on any atom is 0.341 e. The van der Waals surface area contributed by atoms with Gasteiger partial charge in [0, 0.05) is 21.9 Å². The Hall–Kier alpha value is -3.38. The molecule has 0 aliphatic carbocycles. The van der Waals surface area contributed by atoms with E-state index in [0.717, 1.165) is 33.2 Å². The van der Waals surface area contributed by atoms with Crippen LogP contribution in [0.5, 0.6) is 0 Å². The first-order valence-electron chi connectivity index (χ1n) is 11.0. The Labute approximate surface area is 197 Å². The van der Waals surface area contributed by atoms with Crippen LogP contribution >= 0.6 is 11.3 Å². The second-order valence-electron chi connectivity index (χ2n) is 8.34. The van der Waals surface area contributed by atoms with E-state index in [-0.39, 0.29) is 18.9 Å². The largest absolute Gasteiger partial charge is 0.464 e. The molecule has 2 aromatic heterocycles. The fourth-order valence-corrected chi connectivity index (χ4v) is 4.71. The number of amides is 1. The third-order valence-electron chi connectivity index (χ3n) is 5.58. The number of hydrogen-bond acceptors (Lipinski definition) is 5. The summed E-state index contributed by atoms with van der Waals surface area (Å²) in [5, 5.41) is 6.24. The molecule has 2 heterocycles. The number of esters is 1. The van der Waals surface area contributed by atoms with Crippen LogP contribution < -0.4 is 5.32 Å². The minimum Gasteiger partial charge on any atom is -0.464 e. The monoisotopic (exact) mass is 461 g/mol. The number of hydrogen-bond donors (Lipinski definition) is 1. The fourth-order valence-electron chi connectivity index (χ4n) is 3.74. The van der Waals surface area contributed by atoms with Crippen molar-refractivity contribution in [3.8, 4) is 11.1 Å². The van der Waals surface area contributed by atoms with Gasteiger partial charge in [-0.2, -0.15) is 0 Å². The molecule has 0 unspecified atom stereocenters. The van der Waals surface area contributed by atoms with Gasteiger partial charge in [-0.3, -0.25) is 4.79 Å². The quantitative estimate of drug-likeness (QED) is 0.302. The van der Waals surface area contributed by atoms with E-state index in [2.05, 4.69) is 25.2 Å². The van der Waals surface area contributed by atoms with Crippen molar-refractivity contribution in [1.29, 1.82) is 0 Å². The Morgan fingerprint density at radius 3 is 2.58 bits per heavy atom. The summed E-state index contributed by atoms with van der Waals surface area (Å²) in [5.41, 5.74) is 5.94. The highest BCUT2D eigenvalue weighted by Crippen LogP contribution is 2.36. The van der Waals surface area contributed by atoms with E-state index in [1.54, 1.807) is 13.2 Å². The lowest BCUT2D eigenvalue weighted by molar-refractivity contribution is -0.115. The molecule has 1 amide bonds. The summed E-state index contributed by atoms with van der Waals surface area (Å²) in [6.07, 6.45) is 1.78. The predicted molar refractivity (Wildman–Crippen MR) is 133 cm³/mol. The zero-order valence-corrected chi connectivity index (χ0v) is 20.0. The van der Waals surface area contributed by atoms with E-state index >= 15 is 0 Å². The minimum atomic E-state index is -0.444. The van der Waals surface area contributed by atoms with Crippen LogP contribution in [0.2, 0.25) is 0 Å². The van der Waals surface area contributed by atoms with Crippen molar-refractivity contribution in [2.75, 3.05) is 11.9 Å². The van der Waals surface area contributed by atoms with Gasteiger partial charge in [-0.1, -0.05) is 49.7 Å². The Morgan fingerprint density at radius 1 is 1.12 bits per heavy atom. The number of aryl methyl sites for hydroxylation is 1. The third-order valence-corrected chi connectivity index (χ3v) is 6.48. The maximum atomic E-state index is 13.0. The molecule has 0 aliphatic heterocycles. The molecule has 0 atom stereocenters.